The van der Waals surface area contributed by atoms with Crippen molar-refractivity contribution in [1.29, 1.82) is 0 Å². The number of amides is 3. The quantitative estimate of drug-likeness (QED) is 0.658. The van der Waals surface area contributed by atoms with E-state index in [1.165, 1.54) is 0 Å². The Morgan fingerprint density at radius 3 is 2.55 bits per heavy atom. The molecule has 2 aromatic carbocycles. The molecule has 2 aliphatic rings. The number of nitrogens with one attached hydrogen (secondary N) is 2. The molecule has 7 heteroatoms. The van der Waals surface area contributed by atoms with E-state index in [9.17, 15) is 14.4 Å². The van der Waals surface area contributed by atoms with E-state index in [-0.39, 0.29) is 24.3 Å². The molecule has 2 aromatic rings. The molecule has 0 bridgehead atoms. The number of hydrogen-bond acceptors (Lipinski definition) is 4. The third-order valence-electron chi connectivity index (χ3n) is 6.20. The molecule has 0 saturated carbocycles. The Balaban J connectivity index is 1.53. The summed E-state index contributed by atoms with van der Waals surface area (Å²) >= 11 is 0. The lowest BCUT2D eigenvalue weighted by atomic mass is 9.75. The summed E-state index contributed by atoms with van der Waals surface area (Å²) < 4.78 is 5.81. The zero-order valence-corrected chi connectivity index (χ0v) is 18.6. The van der Waals surface area contributed by atoms with Crippen molar-refractivity contribution in [2.75, 3.05) is 32.8 Å². The van der Waals surface area contributed by atoms with Crippen molar-refractivity contribution in [1.82, 2.24) is 15.5 Å². The van der Waals surface area contributed by atoms with Crippen molar-refractivity contribution in [2.24, 2.45) is 5.41 Å². The number of likely N-dealkylation sites (tertiary alicyclic amines) is 1. The van der Waals surface area contributed by atoms with Gasteiger partial charge in [-0.3, -0.25) is 14.4 Å². The Morgan fingerprint density at radius 1 is 0.939 bits per heavy atom. The molecular weight excluding hydrogens is 418 g/mol. The van der Waals surface area contributed by atoms with E-state index in [0.717, 1.165) is 6.42 Å². The van der Waals surface area contributed by atoms with Crippen LogP contribution in [0.15, 0.2) is 66.7 Å². The standard InChI is InChI=1S/C26H29N3O4/c30-23-21-11-4-5-12-22(21)33-18-7-6-13-26(25(32)28-16-15-27-23)14-8-17-29(19-26)24(31)20-9-2-1-3-10-20/h1-7,9-12H,8,13-19H2,(H,27,30)(H,28,32)/b7-6+. The van der Waals surface area contributed by atoms with Gasteiger partial charge in [-0.05, 0) is 43.5 Å². The van der Waals surface area contributed by atoms with Crippen LogP contribution in [-0.4, -0.2) is 55.4 Å². The summed E-state index contributed by atoms with van der Waals surface area (Å²) in [4.78, 5) is 40.7. The summed E-state index contributed by atoms with van der Waals surface area (Å²) in [7, 11) is 0. The van der Waals surface area contributed by atoms with Crippen LogP contribution >= 0.6 is 0 Å². The second-order valence-electron chi connectivity index (χ2n) is 8.47. The maximum absolute atomic E-state index is 13.3. The Morgan fingerprint density at radius 2 is 1.70 bits per heavy atom. The maximum Gasteiger partial charge on any atom is 0.255 e. The monoisotopic (exact) mass is 447 g/mol. The molecule has 2 heterocycles. The number of carbonyl (C=O) groups excluding carboxylic acids is 3. The molecule has 3 amide bonds. The Bertz CT molecular complexity index is 1040. The summed E-state index contributed by atoms with van der Waals surface area (Å²) in [5.74, 6) is 0.129. The number of carbonyl (C=O) groups is 3. The van der Waals surface area contributed by atoms with Crippen molar-refractivity contribution in [3.8, 4) is 5.75 Å². The molecule has 0 radical (unpaired) electrons. The highest BCUT2D eigenvalue weighted by molar-refractivity contribution is 5.97. The van der Waals surface area contributed by atoms with Crippen LogP contribution in [0.3, 0.4) is 0 Å². The molecule has 7 nitrogen and oxygen atoms in total. The van der Waals surface area contributed by atoms with Crippen molar-refractivity contribution in [2.45, 2.75) is 19.3 Å². The zero-order chi connectivity index (χ0) is 23.1. The van der Waals surface area contributed by atoms with E-state index in [0.29, 0.717) is 55.9 Å². The van der Waals surface area contributed by atoms with E-state index in [1.54, 1.807) is 35.2 Å². The van der Waals surface area contributed by atoms with Gasteiger partial charge in [-0.1, -0.05) is 42.5 Å². The fourth-order valence-electron chi connectivity index (χ4n) is 4.44. The van der Waals surface area contributed by atoms with Gasteiger partial charge >= 0.3 is 0 Å². The summed E-state index contributed by atoms with van der Waals surface area (Å²) in [5.41, 5.74) is 0.375. The average molecular weight is 448 g/mol. The smallest absolute Gasteiger partial charge is 0.255 e. The van der Waals surface area contributed by atoms with Crippen molar-refractivity contribution in [3.05, 3.63) is 77.9 Å². The number of hydrogen-bond donors (Lipinski definition) is 2. The minimum atomic E-state index is -0.717. The van der Waals surface area contributed by atoms with E-state index < -0.39 is 5.41 Å². The van der Waals surface area contributed by atoms with Crippen LogP contribution in [0.2, 0.25) is 0 Å². The lowest BCUT2D eigenvalue weighted by Crippen LogP contribution is -2.54. The van der Waals surface area contributed by atoms with Gasteiger partial charge in [0.25, 0.3) is 11.8 Å². The van der Waals surface area contributed by atoms with Gasteiger partial charge in [0.2, 0.25) is 5.91 Å². The van der Waals surface area contributed by atoms with Gasteiger partial charge in [0.05, 0.1) is 11.0 Å². The number of fused-ring (bicyclic) bond motifs is 1. The predicted octanol–water partition coefficient (Wildman–Crippen LogP) is 2.79. The number of allylic oxidation sites excluding steroid dienone is 1. The molecule has 1 fully saturated rings. The van der Waals surface area contributed by atoms with Crippen LogP contribution in [-0.2, 0) is 4.79 Å². The third-order valence-corrected chi connectivity index (χ3v) is 6.20. The van der Waals surface area contributed by atoms with E-state index in [2.05, 4.69) is 10.6 Å². The Labute approximate surface area is 193 Å². The van der Waals surface area contributed by atoms with Crippen molar-refractivity contribution >= 4 is 17.7 Å². The van der Waals surface area contributed by atoms with Crippen molar-refractivity contribution < 1.29 is 19.1 Å². The van der Waals surface area contributed by atoms with Gasteiger partial charge < -0.3 is 20.3 Å². The summed E-state index contributed by atoms with van der Waals surface area (Å²) in [6.07, 6.45) is 5.77. The highest BCUT2D eigenvalue weighted by Gasteiger charge is 2.42. The maximum atomic E-state index is 13.3. The highest BCUT2D eigenvalue weighted by atomic mass is 16.5. The van der Waals surface area contributed by atoms with Gasteiger partial charge in [0.15, 0.2) is 0 Å². The first kappa shape index (κ1) is 22.6. The highest BCUT2D eigenvalue weighted by Crippen LogP contribution is 2.35. The molecule has 0 aliphatic carbocycles. The van der Waals surface area contributed by atoms with Gasteiger partial charge in [-0.15, -0.1) is 0 Å². The average Bonchev–Trinajstić information content (AvgIpc) is 2.86. The third kappa shape index (κ3) is 5.25. The summed E-state index contributed by atoms with van der Waals surface area (Å²) in [5, 5.41) is 5.82. The van der Waals surface area contributed by atoms with E-state index >= 15 is 0 Å². The second-order valence-corrected chi connectivity index (χ2v) is 8.47. The first-order valence-corrected chi connectivity index (χ1v) is 11.4. The lowest BCUT2D eigenvalue weighted by Gasteiger charge is -2.41. The normalized spacial score (nSPS) is 22.8. The largest absolute Gasteiger partial charge is 0.489 e. The molecule has 4 rings (SSSR count). The molecule has 2 aliphatic heterocycles. The van der Waals surface area contributed by atoms with Gasteiger partial charge in [-0.2, -0.15) is 0 Å². The number of benzene rings is 2. The van der Waals surface area contributed by atoms with Gasteiger partial charge in [0, 0.05) is 31.7 Å². The van der Waals surface area contributed by atoms with Gasteiger partial charge in [0.1, 0.15) is 12.4 Å². The number of rotatable bonds is 1. The first-order chi connectivity index (χ1) is 16.1. The van der Waals surface area contributed by atoms with Crippen LogP contribution in [0.4, 0.5) is 0 Å². The predicted molar refractivity (Wildman–Crippen MR) is 125 cm³/mol. The molecule has 1 atom stereocenters. The summed E-state index contributed by atoms with van der Waals surface area (Å²) in [6, 6.07) is 16.3. The Hall–Kier alpha value is -3.61. The first-order valence-electron chi connectivity index (χ1n) is 11.4. The minimum absolute atomic E-state index is 0.0573. The zero-order valence-electron chi connectivity index (χ0n) is 18.6. The molecule has 0 aromatic heterocycles. The molecule has 33 heavy (non-hydrogen) atoms. The number of ether oxygens (including phenoxy) is 1. The SMILES string of the molecule is O=C1NCCNC(=O)C2(C/C=C/COc3ccccc31)CCCN(C(=O)c1ccccc1)C2. The van der Waals surface area contributed by atoms with Crippen molar-refractivity contribution in [3.63, 3.8) is 0 Å². The molecule has 1 saturated heterocycles. The number of nitrogens with zero attached hydrogens (tertiary/aromatic N) is 1. The topological polar surface area (TPSA) is 87.7 Å². The van der Waals surface area contributed by atoms with Gasteiger partial charge in [-0.25, -0.2) is 0 Å². The summed E-state index contributed by atoms with van der Waals surface area (Å²) in [6.45, 7) is 1.88. The number of piperidine rings is 1. The molecule has 2 N–H and O–H groups in total. The van der Waals surface area contributed by atoms with Crippen LogP contribution in [0, 0.1) is 5.41 Å². The fourth-order valence-corrected chi connectivity index (χ4v) is 4.44. The minimum Gasteiger partial charge on any atom is -0.489 e. The van der Waals surface area contributed by atoms with Crippen LogP contribution in [0.25, 0.3) is 0 Å². The van der Waals surface area contributed by atoms with E-state index in [4.69, 9.17) is 4.74 Å². The molecule has 172 valence electrons. The fraction of sp³-hybridized carbons (Fsp3) is 0.346. The second kappa shape index (κ2) is 10.3. The molecule has 1 unspecified atom stereocenters. The Kier molecular flexibility index (Phi) is 7.07. The van der Waals surface area contributed by atoms with Crippen LogP contribution in [0.1, 0.15) is 40.0 Å². The molecule has 1 spiro atoms. The number of para-hydroxylation sites is 1. The molecular formula is C26H29N3O4. The van der Waals surface area contributed by atoms with Crippen LogP contribution in [0.5, 0.6) is 5.75 Å². The van der Waals surface area contributed by atoms with Crippen LogP contribution < -0.4 is 15.4 Å². The van der Waals surface area contributed by atoms with E-state index in [1.807, 2.05) is 36.4 Å². The lowest BCUT2D eigenvalue weighted by molar-refractivity contribution is -0.133.